The normalized spacial score (nSPS) is 13.8. The first-order chi connectivity index (χ1) is 13.2. The number of amides is 2. The minimum Gasteiger partial charge on any atom is -0.338 e. The zero-order valence-electron chi connectivity index (χ0n) is 14.7. The first-order valence-electron chi connectivity index (χ1n) is 8.88. The minimum atomic E-state index is -0.187. The van der Waals surface area contributed by atoms with E-state index in [4.69, 9.17) is 0 Å². The summed E-state index contributed by atoms with van der Waals surface area (Å²) in [6.07, 6.45) is 1.57. The number of likely N-dealkylation sites (tertiary alicyclic amines) is 1. The molecule has 0 unspecified atom stereocenters. The van der Waals surface area contributed by atoms with Gasteiger partial charge in [-0.2, -0.15) is 0 Å². The molecule has 0 spiro atoms. The van der Waals surface area contributed by atoms with Crippen LogP contribution in [0.2, 0.25) is 0 Å². The molecule has 1 saturated heterocycles. The molecule has 2 amide bonds. The molecule has 2 heterocycles. The Bertz CT molecular complexity index is 951. The van der Waals surface area contributed by atoms with Crippen LogP contribution in [0.4, 0.5) is 5.13 Å². The van der Waals surface area contributed by atoms with Gasteiger partial charge in [-0.3, -0.25) is 14.9 Å². The molecular formula is C21H19N3O2S. The molecule has 1 aliphatic rings. The van der Waals surface area contributed by atoms with Crippen LogP contribution in [-0.4, -0.2) is 28.2 Å². The lowest BCUT2D eigenvalue weighted by atomic mass is 10.1. The van der Waals surface area contributed by atoms with Crippen molar-refractivity contribution >= 4 is 28.3 Å². The summed E-state index contributed by atoms with van der Waals surface area (Å²) in [6.45, 7) is 1.42. The van der Waals surface area contributed by atoms with E-state index in [2.05, 4.69) is 10.3 Å². The Hall–Kier alpha value is -2.99. The Morgan fingerprint density at radius 2 is 1.89 bits per heavy atom. The highest BCUT2D eigenvalue weighted by Crippen LogP contribution is 2.25. The maximum Gasteiger partial charge on any atom is 0.257 e. The molecule has 0 radical (unpaired) electrons. The third kappa shape index (κ3) is 4.06. The second-order valence-electron chi connectivity index (χ2n) is 6.47. The number of hydrogen-bond acceptors (Lipinski definition) is 4. The Labute approximate surface area is 161 Å². The highest BCUT2D eigenvalue weighted by Gasteiger charge is 2.20. The van der Waals surface area contributed by atoms with Crippen LogP contribution in [0, 0.1) is 0 Å². The van der Waals surface area contributed by atoms with E-state index in [0.717, 1.165) is 29.8 Å². The van der Waals surface area contributed by atoms with Gasteiger partial charge in [-0.1, -0.05) is 42.5 Å². The second kappa shape index (κ2) is 7.72. The highest BCUT2D eigenvalue weighted by molar-refractivity contribution is 7.14. The Balaban J connectivity index is 1.40. The molecule has 136 valence electrons. The van der Waals surface area contributed by atoms with Gasteiger partial charge in [0, 0.05) is 36.0 Å². The molecule has 27 heavy (non-hydrogen) atoms. The summed E-state index contributed by atoms with van der Waals surface area (Å²) < 4.78 is 0. The van der Waals surface area contributed by atoms with Crippen LogP contribution in [0.25, 0.3) is 11.3 Å². The van der Waals surface area contributed by atoms with E-state index in [9.17, 15) is 9.59 Å². The summed E-state index contributed by atoms with van der Waals surface area (Å²) in [5.41, 5.74) is 3.47. The van der Waals surface area contributed by atoms with E-state index >= 15 is 0 Å². The zero-order valence-corrected chi connectivity index (χ0v) is 15.5. The molecular weight excluding hydrogens is 358 g/mol. The van der Waals surface area contributed by atoms with Gasteiger partial charge in [0.25, 0.3) is 5.91 Å². The minimum absolute atomic E-state index is 0.187. The predicted octanol–water partition coefficient (Wildman–Crippen LogP) is 4.18. The number of rotatable bonds is 5. The fourth-order valence-corrected chi connectivity index (χ4v) is 3.81. The Kier molecular flexibility index (Phi) is 4.98. The Morgan fingerprint density at radius 3 is 2.59 bits per heavy atom. The van der Waals surface area contributed by atoms with Crippen molar-refractivity contribution in [1.82, 2.24) is 9.88 Å². The fraction of sp³-hybridized carbons (Fsp3) is 0.190. The van der Waals surface area contributed by atoms with Gasteiger partial charge in [-0.05, 0) is 24.1 Å². The van der Waals surface area contributed by atoms with Crippen LogP contribution < -0.4 is 5.32 Å². The van der Waals surface area contributed by atoms with E-state index in [-0.39, 0.29) is 11.8 Å². The SMILES string of the molecule is O=C(Nc1nc(-c2ccccc2)cs1)c1ccc(CN2CCCC2=O)cc1. The molecule has 1 N–H and O–H groups in total. The van der Waals surface area contributed by atoms with Gasteiger partial charge < -0.3 is 4.90 Å². The Morgan fingerprint density at radius 1 is 1.11 bits per heavy atom. The van der Waals surface area contributed by atoms with Crippen LogP contribution in [0.15, 0.2) is 60.0 Å². The summed E-state index contributed by atoms with van der Waals surface area (Å²) in [7, 11) is 0. The smallest absolute Gasteiger partial charge is 0.257 e. The average molecular weight is 377 g/mol. The van der Waals surface area contributed by atoms with Gasteiger partial charge in [0.15, 0.2) is 5.13 Å². The molecule has 4 rings (SSSR count). The predicted molar refractivity (Wildman–Crippen MR) is 107 cm³/mol. The van der Waals surface area contributed by atoms with Crippen molar-refractivity contribution in [3.8, 4) is 11.3 Å². The van der Waals surface area contributed by atoms with E-state index < -0.39 is 0 Å². The summed E-state index contributed by atoms with van der Waals surface area (Å²) in [4.78, 5) is 30.5. The largest absolute Gasteiger partial charge is 0.338 e. The highest BCUT2D eigenvalue weighted by atomic mass is 32.1. The number of nitrogens with zero attached hydrogens (tertiary/aromatic N) is 2. The summed E-state index contributed by atoms with van der Waals surface area (Å²) in [5.74, 6) is 0.0163. The third-order valence-corrected chi connectivity index (χ3v) is 5.31. The van der Waals surface area contributed by atoms with Gasteiger partial charge in [0.2, 0.25) is 5.91 Å². The van der Waals surface area contributed by atoms with Crippen molar-refractivity contribution in [1.29, 1.82) is 0 Å². The first kappa shape index (κ1) is 17.4. The van der Waals surface area contributed by atoms with Crippen LogP contribution in [0.3, 0.4) is 0 Å². The molecule has 0 aliphatic carbocycles. The molecule has 6 heteroatoms. The van der Waals surface area contributed by atoms with Crippen LogP contribution >= 0.6 is 11.3 Å². The zero-order chi connectivity index (χ0) is 18.6. The van der Waals surface area contributed by atoms with Crippen molar-refractivity contribution in [2.75, 3.05) is 11.9 Å². The summed E-state index contributed by atoms with van der Waals surface area (Å²) in [6, 6.07) is 17.2. The standard InChI is InChI=1S/C21H19N3O2S/c25-19-7-4-12-24(19)13-15-8-10-17(11-9-15)20(26)23-21-22-18(14-27-21)16-5-2-1-3-6-16/h1-3,5-6,8-11,14H,4,7,12-13H2,(H,22,23,26). The molecule has 3 aromatic rings. The second-order valence-corrected chi connectivity index (χ2v) is 7.33. The van der Waals surface area contributed by atoms with E-state index in [1.807, 2.05) is 52.7 Å². The van der Waals surface area contributed by atoms with Gasteiger partial charge in [-0.15, -0.1) is 11.3 Å². The molecule has 0 bridgehead atoms. The van der Waals surface area contributed by atoms with Crippen molar-refractivity contribution in [2.24, 2.45) is 0 Å². The molecule has 1 aromatic heterocycles. The van der Waals surface area contributed by atoms with Gasteiger partial charge in [0.1, 0.15) is 0 Å². The molecule has 0 atom stereocenters. The first-order valence-corrected chi connectivity index (χ1v) is 9.76. The molecule has 1 aliphatic heterocycles. The van der Waals surface area contributed by atoms with Crippen molar-refractivity contribution in [2.45, 2.75) is 19.4 Å². The van der Waals surface area contributed by atoms with Crippen LogP contribution in [0.5, 0.6) is 0 Å². The maximum absolute atomic E-state index is 12.5. The molecule has 0 saturated carbocycles. The molecule has 2 aromatic carbocycles. The summed E-state index contributed by atoms with van der Waals surface area (Å²) in [5, 5.41) is 5.36. The van der Waals surface area contributed by atoms with Crippen molar-refractivity contribution in [3.05, 3.63) is 71.1 Å². The maximum atomic E-state index is 12.5. The third-order valence-electron chi connectivity index (χ3n) is 4.56. The molecule has 5 nitrogen and oxygen atoms in total. The number of aromatic nitrogens is 1. The lowest BCUT2D eigenvalue weighted by Gasteiger charge is -2.15. The lowest BCUT2D eigenvalue weighted by molar-refractivity contribution is -0.128. The van der Waals surface area contributed by atoms with Crippen molar-refractivity contribution in [3.63, 3.8) is 0 Å². The average Bonchev–Trinajstić information content (AvgIpc) is 3.32. The van der Waals surface area contributed by atoms with Gasteiger partial charge in [0.05, 0.1) is 5.69 Å². The van der Waals surface area contributed by atoms with Gasteiger partial charge in [-0.25, -0.2) is 4.98 Å². The lowest BCUT2D eigenvalue weighted by Crippen LogP contribution is -2.23. The van der Waals surface area contributed by atoms with Crippen LogP contribution in [0.1, 0.15) is 28.8 Å². The van der Waals surface area contributed by atoms with Crippen molar-refractivity contribution < 1.29 is 9.59 Å². The van der Waals surface area contributed by atoms with E-state index in [1.54, 1.807) is 12.1 Å². The number of nitrogens with one attached hydrogen (secondary N) is 1. The quantitative estimate of drug-likeness (QED) is 0.725. The molecule has 1 fully saturated rings. The number of anilines is 1. The summed E-state index contributed by atoms with van der Waals surface area (Å²) >= 11 is 1.40. The number of benzene rings is 2. The van der Waals surface area contributed by atoms with E-state index in [0.29, 0.717) is 23.7 Å². The monoisotopic (exact) mass is 377 g/mol. The topological polar surface area (TPSA) is 62.3 Å². The van der Waals surface area contributed by atoms with E-state index in [1.165, 1.54) is 11.3 Å². The van der Waals surface area contributed by atoms with Gasteiger partial charge >= 0.3 is 0 Å². The van der Waals surface area contributed by atoms with Crippen LogP contribution in [-0.2, 0) is 11.3 Å². The number of carbonyl (C=O) groups excluding carboxylic acids is 2. The number of carbonyl (C=O) groups is 2. The number of thiazole rings is 1. The fourth-order valence-electron chi connectivity index (χ4n) is 3.10. The number of hydrogen-bond donors (Lipinski definition) is 1.